The van der Waals surface area contributed by atoms with E-state index in [-0.39, 0.29) is 0 Å². The molecule has 2 heterocycles. The van der Waals surface area contributed by atoms with Gasteiger partial charge in [0.2, 0.25) is 0 Å². The molecule has 1 aliphatic carbocycles. The van der Waals surface area contributed by atoms with E-state index in [4.69, 9.17) is 17.3 Å². The first kappa shape index (κ1) is 10.9. The Morgan fingerprint density at radius 3 is 2.76 bits per heavy atom. The minimum atomic E-state index is 0.508. The van der Waals surface area contributed by atoms with E-state index in [0.717, 1.165) is 17.2 Å². The molecule has 2 aromatic heterocycles. The molecular weight excluding hydrogens is 234 g/mol. The normalized spacial score (nSPS) is 17.7. The van der Waals surface area contributed by atoms with Crippen LogP contribution in [0.4, 0.5) is 5.82 Å². The van der Waals surface area contributed by atoms with Gasteiger partial charge in [0.15, 0.2) is 5.15 Å². The van der Waals surface area contributed by atoms with Gasteiger partial charge in [-0.2, -0.15) is 0 Å². The molecule has 0 amide bonds. The summed E-state index contributed by atoms with van der Waals surface area (Å²) in [6.07, 6.45) is 6.30. The molecular formula is C13H16ClN3. The van der Waals surface area contributed by atoms with Crippen molar-refractivity contribution in [1.29, 1.82) is 0 Å². The molecule has 2 aromatic rings. The lowest BCUT2D eigenvalue weighted by molar-refractivity contribution is 0.428. The maximum atomic E-state index is 6.18. The Morgan fingerprint density at radius 2 is 2.00 bits per heavy atom. The van der Waals surface area contributed by atoms with Crippen molar-refractivity contribution in [1.82, 2.24) is 9.38 Å². The number of nitrogen functional groups attached to an aromatic ring is 1. The molecule has 90 valence electrons. The van der Waals surface area contributed by atoms with Gasteiger partial charge in [0.25, 0.3) is 0 Å². The predicted molar refractivity (Wildman–Crippen MR) is 70.4 cm³/mol. The molecule has 0 aromatic carbocycles. The minimum absolute atomic E-state index is 0.508. The van der Waals surface area contributed by atoms with Crippen molar-refractivity contribution in [3.8, 4) is 0 Å². The summed E-state index contributed by atoms with van der Waals surface area (Å²) in [4.78, 5) is 4.52. The Bertz CT molecular complexity index is 541. The molecule has 4 heteroatoms. The first-order chi connectivity index (χ1) is 8.27. The molecule has 3 nitrogen and oxygen atoms in total. The van der Waals surface area contributed by atoms with E-state index < -0.39 is 0 Å². The lowest BCUT2D eigenvalue weighted by Crippen LogP contribution is -2.10. The number of pyridine rings is 1. The highest BCUT2D eigenvalue weighted by Crippen LogP contribution is 2.34. The molecule has 0 aliphatic heterocycles. The number of rotatable bonds is 1. The van der Waals surface area contributed by atoms with Gasteiger partial charge in [-0.05, 0) is 25.0 Å². The molecule has 1 fully saturated rings. The number of nitrogens with zero attached hydrogens (tertiary/aromatic N) is 2. The van der Waals surface area contributed by atoms with Gasteiger partial charge in [-0.25, -0.2) is 4.98 Å². The van der Waals surface area contributed by atoms with Crippen molar-refractivity contribution < 1.29 is 0 Å². The Morgan fingerprint density at radius 1 is 1.24 bits per heavy atom. The number of aromatic nitrogens is 2. The molecule has 0 bridgehead atoms. The zero-order valence-corrected chi connectivity index (χ0v) is 10.5. The summed E-state index contributed by atoms with van der Waals surface area (Å²) < 4.78 is 2.01. The highest BCUT2D eigenvalue weighted by Gasteiger charge is 2.22. The molecule has 2 N–H and O–H groups in total. The van der Waals surface area contributed by atoms with Crippen LogP contribution >= 0.6 is 11.6 Å². The number of hydrogen-bond acceptors (Lipinski definition) is 2. The fourth-order valence-electron chi connectivity index (χ4n) is 2.79. The van der Waals surface area contributed by atoms with Crippen LogP contribution in [0.3, 0.4) is 0 Å². The maximum absolute atomic E-state index is 6.18. The zero-order chi connectivity index (χ0) is 11.8. The molecule has 17 heavy (non-hydrogen) atoms. The third-order valence-electron chi connectivity index (χ3n) is 3.64. The summed E-state index contributed by atoms with van der Waals surface area (Å²) in [6.45, 7) is 0. The largest absolute Gasteiger partial charge is 0.385 e. The quantitative estimate of drug-likeness (QED) is 0.839. The van der Waals surface area contributed by atoms with Gasteiger partial charge in [0, 0.05) is 5.92 Å². The van der Waals surface area contributed by atoms with Crippen LogP contribution in [0.25, 0.3) is 5.52 Å². The minimum Gasteiger partial charge on any atom is -0.385 e. The summed E-state index contributed by atoms with van der Waals surface area (Å²) in [5, 5.41) is 0.567. The second kappa shape index (κ2) is 4.22. The summed E-state index contributed by atoms with van der Waals surface area (Å²) in [5.41, 5.74) is 6.96. The zero-order valence-electron chi connectivity index (χ0n) is 9.69. The van der Waals surface area contributed by atoms with Crippen LogP contribution in [-0.4, -0.2) is 9.38 Å². The fourth-order valence-corrected chi connectivity index (χ4v) is 3.02. The van der Waals surface area contributed by atoms with Gasteiger partial charge in [0.05, 0.1) is 5.52 Å². The van der Waals surface area contributed by atoms with Gasteiger partial charge in [-0.1, -0.05) is 36.9 Å². The first-order valence-corrected chi connectivity index (χ1v) is 6.57. The molecule has 0 radical (unpaired) electrons. The maximum Gasteiger partial charge on any atom is 0.155 e. The van der Waals surface area contributed by atoms with Crippen LogP contribution in [0.5, 0.6) is 0 Å². The third kappa shape index (κ3) is 1.78. The van der Waals surface area contributed by atoms with Crippen LogP contribution in [0, 0.1) is 0 Å². The van der Waals surface area contributed by atoms with Crippen LogP contribution < -0.4 is 5.73 Å². The molecule has 0 atom stereocenters. The van der Waals surface area contributed by atoms with E-state index in [1.54, 1.807) is 0 Å². The van der Waals surface area contributed by atoms with Crippen molar-refractivity contribution in [3.05, 3.63) is 29.2 Å². The summed E-state index contributed by atoms with van der Waals surface area (Å²) in [7, 11) is 0. The number of fused-ring (bicyclic) bond motifs is 1. The highest BCUT2D eigenvalue weighted by atomic mass is 35.5. The van der Waals surface area contributed by atoms with Crippen molar-refractivity contribution in [3.63, 3.8) is 0 Å². The van der Waals surface area contributed by atoms with E-state index in [1.165, 1.54) is 32.1 Å². The summed E-state index contributed by atoms with van der Waals surface area (Å²) >= 11 is 6.18. The number of hydrogen-bond donors (Lipinski definition) is 1. The van der Waals surface area contributed by atoms with Crippen molar-refractivity contribution in [2.75, 3.05) is 5.73 Å². The number of anilines is 1. The highest BCUT2D eigenvalue weighted by molar-refractivity contribution is 6.32. The van der Waals surface area contributed by atoms with Crippen molar-refractivity contribution in [2.24, 2.45) is 0 Å². The van der Waals surface area contributed by atoms with E-state index in [1.807, 2.05) is 22.6 Å². The van der Waals surface area contributed by atoms with Crippen LogP contribution in [-0.2, 0) is 0 Å². The summed E-state index contributed by atoms with van der Waals surface area (Å²) in [6, 6.07) is 5.79. The van der Waals surface area contributed by atoms with Gasteiger partial charge in [0.1, 0.15) is 11.6 Å². The van der Waals surface area contributed by atoms with Gasteiger partial charge < -0.3 is 5.73 Å². The van der Waals surface area contributed by atoms with Gasteiger partial charge >= 0.3 is 0 Å². The topological polar surface area (TPSA) is 43.3 Å². The SMILES string of the molecule is Nc1cccc2c(Cl)nc(C3CCCCC3)n12. The molecule has 1 aliphatic rings. The molecule has 0 spiro atoms. The first-order valence-electron chi connectivity index (χ1n) is 6.19. The summed E-state index contributed by atoms with van der Waals surface area (Å²) in [5.74, 6) is 2.28. The van der Waals surface area contributed by atoms with E-state index in [0.29, 0.717) is 11.1 Å². The van der Waals surface area contributed by atoms with Crippen molar-refractivity contribution in [2.45, 2.75) is 38.0 Å². The standard InChI is InChI=1S/C13H16ClN3/c14-12-10-7-4-8-11(15)17(10)13(16-12)9-5-2-1-3-6-9/h4,7-9H,1-3,5-6,15H2. The fraction of sp³-hybridized carbons (Fsp3) is 0.462. The van der Waals surface area contributed by atoms with Gasteiger partial charge in [-0.3, -0.25) is 4.40 Å². The Labute approximate surface area is 106 Å². The smallest absolute Gasteiger partial charge is 0.155 e. The molecule has 3 rings (SSSR count). The third-order valence-corrected chi connectivity index (χ3v) is 3.92. The van der Waals surface area contributed by atoms with Crippen LogP contribution in [0.15, 0.2) is 18.2 Å². The van der Waals surface area contributed by atoms with Crippen molar-refractivity contribution >= 4 is 22.9 Å². The predicted octanol–water partition coefficient (Wildman–Crippen LogP) is 3.62. The number of imidazole rings is 1. The molecule has 0 unspecified atom stereocenters. The second-order valence-electron chi connectivity index (χ2n) is 4.77. The number of halogens is 1. The number of nitrogens with two attached hydrogens (primary N) is 1. The Hall–Kier alpha value is -1.22. The van der Waals surface area contributed by atoms with E-state index in [9.17, 15) is 0 Å². The average molecular weight is 250 g/mol. The van der Waals surface area contributed by atoms with Crippen LogP contribution in [0.1, 0.15) is 43.8 Å². The Kier molecular flexibility index (Phi) is 2.71. The molecule has 1 saturated carbocycles. The molecule has 0 saturated heterocycles. The van der Waals surface area contributed by atoms with E-state index in [2.05, 4.69) is 4.98 Å². The van der Waals surface area contributed by atoms with Crippen LogP contribution in [0.2, 0.25) is 5.15 Å². The Balaban J connectivity index is 2.15. The monoisotopic (exact) mass is 249 g/mol. The average Bonchev–Trinajstić information content (AvgIpc) is 2.70. The lowest BCUT2D eigenvalue weighted by Gasteiger charge is -2.20. The van der Waals surface area contributed by atoms with Gasteiger partial charge in [-0.15, -0.1) is 0 Å². The lowest BCUT2D eigenvalue weighted by atomic mass is 9.89. The van der Waals surface area contributed by atoms with E-state index >= 15 is 0 Å². The second-order valence-corrected chi connectivity index (χ2v) is 5.13.